The van der Waals surface area contributed by atoms with Crippen molar-refractivity contribution < 1.29 is 14.8 Å². The predicted octanol–water partition coefficient (Wildman–Crippen LogP) is 4.19. The van der Waals surface area contributed by atoms with Crippen molar-refractivity contribution in [2.24, 2.45) is 0 Å². The van der Waals surface area contributed by atoms with Crippen LogP contribution in [0.25, 0.3) is 10.8 Å². The quantitative estimate of drug-likeness (QED) is 0.557. The first-order chi connectivity index (χ1) is 11.0. The number of carboxylic acid groups (broad SMARTS) is 1. The number of carboxylic acids is 1. The summed E-state index contributed by atoms with van der Waals surface area (Å²) in [5.74, 6) is -1.23. The third kappa shape index (κ3) is 2.96. The zero-order valence-corrected chi connectivity index (χ0v) is 11.9. The Hall–Kier alpha value is -3.41. The molecule has 114 valence electrons. The summed E-state index contributed by atoms with van der Waals surface area (Å²) in [6.45, 7) is 0. The third-order valence-electron chi connectivity index (χ3n) is 3.47. The number of carbonyl (C=O) groups is 1. The molecule has 0 fully saturated rings. The average Bonchev–Trinajstić information content (AvgIpc) is 2.54. The van der Waals surface area contributed by atoms with E-state index in [0.29, 0.717) is 11.4 Å². The molecule has 0 bridgehead atoms. The molecule has 0 radical (unpaired) electrons. The summed E-state index contributed by atoms with van der Waals surface area (Å²) in [5.41, 5.74) is 0.609. The lowest BCUT2D eigenvalue weighted by Gasteiger charge is -2.10. The van der Waals surface area contributed by atoms with Gasteiger partial charge in [0.05, 0.1) is 16.2 Å². The largest absolute Gasteiger partial charge is 0.478 e. The fourth-order valence-corrected chi connectivity index (χ4v) is 2.35. The Morgan fingerprint density at radius 1 is 1.00 bits per heavy atom. The van der Waals surface area contributed by atoms with E-state index in [9.17, 15) is 20.0 Å². The lowest BCUT2D eigenvalue weighted by molar-refractivity contribution is -0.384. The van der Waals surface area contributed by atoms with Crippen LogP contribution in [-0.4, -0.2) is 16.0 Å². The molecule has 0 amide bonds. The number of benzene rings is 3. The summed E-state index contributed by atoms with van der Waals surface area (Å²) in [4.78, 5) is 21.5. The van der Waals surface area contributed by atoms with E-state index < -0.39 is 10.9 Å². The highest BCUT2D eigenvalue weighted by molar-refractivity contribution is 5.96. The number of fused-ring (bicyclic) bond motifs is 1. The minimum atomic E-state index is -1.23. The molecule has 0 aliphatic carbocycles. The number of aromatic carboxylic acids is 1. The van der Waals surface area contributed by atoms with Crippen molar-refractivity contribution in [2.45, 2.75) is 0 Å². The number of nitro groups is 1. The number of nitrogens with one attached hydrogen (secondary N) is 1. The maximum atomic E-state index is 11.3. The van der Waals surface area contributed by atoms with Crippen LogP contribution in [0.1, 0.15) is 10.4 Å². The number of non-ortho nitro benzene ring substituents is 1. The predicted molar refractivity (Wildman–Crippen MR) is 87.3 cm³/mol. The first-order valence-corrected chi connectivity index (χ1v) is 6.82. The van der Waals surface area contributed by atoms with E-state index in [-0.39, 0.29) is 11.3 Å². The Balaban J connectivity index is 2.00. The maximum Gasteiger partial charge on any atom is 0.338 e. The van der Waals surface area contributed by atoms with Gasteiger partial charge in [-0.15, -0.1) is 0 Å². The van der Waals surface area contributed by atoms with Crippen LogP contribution in [0.15, 0.2) is 60.7 Å². The van der Waals surface area contributed by atoms with Crippen LogP contribution in [-0.2, 0) is 0 Å². The number of hydrogen-bond acceptors (Lipinski definition) is 4. The number of nitro benzene ring substituents is 1. The van der Waals surface area contributed by atoms with Gasteiger partial charge < -0.3 is 10.4 Å². The van der Waals surface area contributed by atoms with Crippen LogP contribution in [0.3, 0.4) is 0 Å². The minimum Gasteiger partial charge on any atom is -0.478 e. The number of rotatable bonds is 4. The molecule has 2 N–H and O–H groups in total. The van der Waals surface area contributed by atoms with Gasteiger partial charge in [0.2, 0.25) is 0 Å². The maximum absolute atomic E-state index is 11.3. The van der Waals surface area contributed by atoms with Crippen LogP contribution in [0.5, 0.6) is 0 Å². The first-order valence-electron chi connectivity index (χ1n) is 6.82. The molecule has 0 aliphatic rings. The lowest BCUT2D eigenvalue weighted by Crippen LogP contribution is -2.04. The van der Waals surface area contributed by atoms with E-state index in [1.165, 1.54) is 12.1 Å². The summed E-state index contributed by atoms with van der Waals surface area (Å²) >= 11 is 0. The van der Waals surface area contributed by atoms with Gasteiger partial charge in [0.25, 0.3) is 5.69 Å². The molecule has 3 aromatic carbocycles. The second kappa shape index (κ2) is 5.76. The highest BCUT2D eigenvalue weighted by Gasteiger charge is 2.16. The Bertz CT molecular complexity index is 921. The molecule has 0 saturated carbocycles. The van der Waals surface area contributed by atoms with Crippen molar-refractivity contribution in [2.75, 3.05) is 5.32 Å². The number of hydrogen-bond donors (Lipinski definition) is 2. The highest BCUT2D eigenvalue weighted by atomic mass is 16.6. The molecule has 6 heteroatoms. The zero-order valence-electron chi connectivity index (χ0n) is 11.9. The van der Waals surface area contributed by atoms with Gasteiger partial charge in [-0.2, -0.15) is 0 Å². The van der Waals surface area contributed by atoms with Crippen molar-refractivity contribution in [3.05, 3.63) is 76.3 Å². The van der Waals surface area contributed by atoms with Crippen molar-refractivity contribution in [1.82, 2.24) is 0 Å². The molecule has 0 spiro atoms. The molecule has 0 heterocycles. The van der Waals surface area contributed by atoms with Gasteiger partial charge >= 0.3 is 5.97 Å². The van der Waals surface area contributed by atoms with Gasteiger partial charge in [0.15, 0.2) is 0 Å². The van der Waals surface area contributed by atoms with Crippen LogP contribution < -0.4 is 5.32 Å². The third-order valence-corrected chi connectivity index (χ3v) is 3.47. The molecule has 0 aromatic heterocycles. The van der Waals surface area contributed by atoms with E-state index in [0.717, 1.165) is 16.8 Å². The summed E-state index contributed by atoms with van der Waals surface area (Å²) in [5, 5.41) is 25.1. The van der Waals surface area contributed by atoms with E-state index in [4.69, 9.17) is 0 Å². The van der Waals surface area contributed by atoms with E-state index in [1.54, 1.807) is 0 Å². The SMILES string of the molecule is O=C(O)c1cc([N+](=O)[O-])ccc1Nc1ccc2ccccc2c1. The van der Waals surface area contributed by atoms with Gasteiger partial charge in [0, 0.05) is 17.8 Å². The fraction of sp³-hybridized carbons (Fsp3) is 0. The summed E-state index contributed by atoms with van der Waals surface area (Å²) in [6.07, 6.45) is 0. The molecule has 0 aliphatic heterocycles. The van der Waals surface area contributed by atoms with Crippen molar-refractivity contribution in [1.29, 1.82) is 0 Å². The normalized spacial score (nSPS) is 10.4. The Morgan fingerprint density at radius 3 is 2.43 bits per heavy atom. The van der Waals surface area contributed by atoms with Crippen molar-refractivity contribution in [3.8, 4) is 0 Å². The highest BCUT2D eigenvalue weighted by Crippen LogP contribution is 2.27. The standard InChI is InChI=1S/C17H12N2O4/c20-17(21)15-10-14(19(22)23)7-8-16(15)18-13-6-5-11-3-1-2-4-12(11)9-13/h1-10,18H,(H,20,21). The van der Waals surface area contributed by atoms with Gasteiger partial charge in [-0.1, -0.05) is 30.3 Å². The van der Waals surface area contributed by atoms with Crippen LogP contribution in [0, 0.1) is 10.1 Å². The summed E-state index contributed by atoms with van der Waals surface area (Å²) in [6, 6.07) is 17.1. The molecule has 3 aromatic rings. The second-order valence-corrected chi connectivity index (χ2v) is 4.98. The Labute approximate surface area is 131 Å². The van der Waals surface area contributed by atoms with Crippen LogP contribution in [0.4, 0.5) is 17.1 Å². The lowest BCUT2D eigenvalue weighted by atomic mass is 10.1. The van der Waals surface area contributed by atoms with E-state index >= 15 is 0 Å². The van der Waals surface area contributed by atoms with E-state index in [2.05, 4.69) is 5.32 Å². The minimum absolute atomic E-state index is 0.146. The molecule has 0 saturated heterocycles. The zero-order chi connectivity index (χ0) is 16.4. The molecule has 6 nitrogen and oxygen atoms in total. The van der Waals surface area contributed by atoms with Crippen molar-refractivity contribution in [3.63, 3.8) is 0 Å². The smallest absolute Gasteiger partial charge is 0.338 e. The monoisotopic (exact) mass is 308 g/mol. The Kier molecular flexibility index (Phi) is 3.64. The molecular weight excluding hydrogens is 296 g/mol. The van der Waals surface area contributed by atoms with Crippen LogP contribution in [0.2, 0.25) is 0 Å². The molecule has 0 unspecified atom stereocenters. The van der Waals surface area contributed by atoms with Gasteiger partial charge in [-0.05, 0) is 29.0 Å². The van der Waals surface area contributed by atoms with E-state index in [1.807, 2.05) is 42.5 Å². The average molecular weight is 308 g/mol. The van der Waals surface area contributed by atoms with Crippen LogP contribution >= 0.6 is 0 Å². The summed E-state index contributed by atoms with van der Waals surface area (Å²) < 4.78 is 0. The van der Waals surface area contributed by atoms with Gasteiger partial charge in [-0.3, -0.25) is 10.1 Å². The Morgan fingerprint density at radius 2 is 1.74 bits per heavy atom. The number of anilines is 2. The van der Waals surface area contributed by atoms with Crippen molar-refractivity contribution >= 4 is 33.8 Å². The van der Waals surface area contributed by atoms with Gasteiger partial charge in [0.1, 0.15) is 0 Å². The fourth-order valence-electron chi connectivity index (χ4n) is 2.35. The molecule has 3 rings (SSSR count). The topological polar surface area (TPSA) is 92.5 Å². The summed E-state index contributed by atoms with van der Waals surface area (Å²) in [7, 11) is 0. The van der Waals surface area contributed by atoms with Gasteiger partial charge in [-0.25, -0.2) is 4.79 Å². The second-order valence-electron chi connectivity index (χ2n) is 4.98. The molecular formula is C17H12N2O4. The number of nitrogens with zero attached hydrogens (tertiary/aromatic N) is 1. The first kappa shape index (κ1) is 14.5. The molecule has 0 atom stereocenters. The molecule has 23 heavy (non-hydrogen) atoms.